The van der Waals surface area contributed by atoms with E-state index in [1.165, 1.54) is 56.3 Å². The maximum absolute atomic E-state index is 11.9. The van der Waals surface area contributed by atoms with Crippen molar-refractivity contribution >= 4 is 5.78 Å². The van der Waals surface area contributed by atoms with E-state index in [1.54, 1.807) is 0 Å². The van der Waals surface area contributed by atoms with E-state index in [-0.39, 0.29) is 0 Å². The number of allylic oxidation sites excluding steroid dienone is 1. The molecule has 2 aliphatic rings. The van der Waals surface area contributed by atoms with Crippen LogP contribution in [0, 0.1) is 0 Å². The first-order chi connectivity index (χ1) is 8.76. The van der Waals surface area contributed by atoms with Crippen molar-refractivity contribution < 1.29 is 4.79 Å². The molecule has 0 N–H and O–H groups in total. The second-order valence-corrected chi connectivity index (χ2v) is 5.79. The first kappa shape index (κ1) is 13.8. The molecule has 0 amide bonds. The summed E-state index contributed by atoms with van der Waals surface area (Å²) in [6.07, 6.45) is 8.96. The zero-order chi connectivity index (χ0) is 13.0. The average Bonchev–Trinajstić information content (AvgIpc) is 2.38. The molecule has 0 unspecified atom stereocenters. The predicted octanol–water partition coefficient (Wildman–Crippen LogP) is 3.71. The predicted molar refractivity (Wildman–Crippen MR) is 75.7 cm³/mol. The van der Waals surface area contributed by atoms with Crippen molar-refractivity contribution in [2.24, 2.45) is 0 Å². The van der Waals surface area contributed by atoms with Crippen molar-refractivity contribution in [2.45, 2.75) is 71.3 Å². The number of rotatable bonds is 5. The smallest absolute Gasteiger partial charge is 0.158 e. The molecule has 0 aliphatic heterocycles. The highest BCUT2D eigenvalue weighted by molar-refractivity contribution is 5.97. The summed E-state index contributed by atoms with van der Waals surface area (Å²) in [6.45, 7) is 6.96. The fourth-order valence-corrected chi connectivity index (χ4v) is 3.56. The molecule has 0 saturated heterocycles. The van der Waals surface area contributed by atoms with E-state index in [9.17, 15) is 4.79 Å². The SMILES string of the molecule is CCCN(CCC)[C@H]1CCC2=C(CCCC2=O)C1. The number of nitrogens with zero attached hydrogens (tertiary/aromatic N) is 1. The standard InChI is InChI=1S/C16H27NO/c1-3-10-17(11-4-2)14-8-9-15-13(12-14)6-5-7-16(15)18/h14H,3-12H2,1-2H3/t14-/m0/s1. The van der Waals surface area contributed by atoms with Gasteiger partial charge in [-0.25, -0.2) is 0 Å². The lowest BCUT2D eigenvalue weighted by molar-refractivity contribution is -0.116. The maximum Gasteiger partial charge on any atom is 0.158 e. The monoisotopic (exact) mass is 249 g/mol. The van der Waals surface area contributed by atoms with E-state index in [0.29, 0.717) is 11.8 Å². The molecule has 2 heteroatoms. The van der Waals surface area contributed by atoms with Crippen molar-refractivity contribution in [3.8, 4) is 0 Å². The normalized spacial score (nSPS) is 24.6. The van der Waals surface area contributed by atoms with Crippen molar-refractivity contribution in [1.29, 1.82) is 0 Å². The number of Topliss-reactive ketones (excluding diaryl/α,β-unsaturated/α-hetero) is 1. The highest BCUT2D eigenvalue weighted by Gasteiger charge is 2.29. The van der Waals surface area contributed by atoms with E-state index in [1.807, 2.05) is 0 Å². The van der Waals surface area contributed by atoms with Crippen LogP contribution >= 0.6 is 0 Å². The third kappa shape index (κ3) is 3.03. The van der Waals surface area contributed by atoms with E-state index in [2.05, 4.69) is 18.7 Å². The molecule has 2 aliphatic carbocycles. The Morgan fingerprint density at radius 2 is 1.83 bits per heavy atom. The van der Waals surface area contributed by atoms with Gasteiger partial charge in [0.1, 0.15) is 0 Å². The Hall–Kier alpha value is -0.630. The summed E-state index contributed by atoms with van der Waals surface area (Å²) < 4.78 is 0. The molecule has 0 spiro atoms. The number of hydrogen-bond donors (Lipinski definition) is 0. The molecule has 0 saturated carbocycles. The zero-order valence-electron chi connectivity index (χ0n) is 12.0. The Balaban J connectivity index is 2.03. The van der Waals surface area contributed by atoms with Gasteiger partial charge in [0.2, 0.25) is 0 Å². The van der Waals surface area contributed by atoms with Gasteiger partial charge in [0.15, 0.2) is 5.78 Å². The van der Waals surface area contributed by atoms with Gasteiger partial charge in [-0.1, -0.05) is 19.4 Å². The summed E-state index contributed by atoms with van der Waals surface area (Å²) in [5.74, 6) is 0.451. The molecule has 0 fully saturated rings. The van der Waals surface area contributed by atoms with Gasteiger partial charge in [-0.3, -0.25) is 4.79 Å². The van der Waals surface area contributed by atoms with Crippen LogP contribution < -0.4 is 0 Å². The largest absolute Gasteiger partial charge is 0.300 e. The Morgan fingerprint density at radius 3 is 2.50 bits per heavy atom. The van der Waals surface area contributed by atoms with Crippen LogP contribution in [0.25, 0.3) is 0 Å². The third-order valence-corrected chi connectivity index (χ3v) is 4.39. The highest BCUT2D eigenvalue weighted by Crippen LogP contribution is 2.35. The molecule has 18 heavy (non-hydrogen) atoms. The zero-order valence-corrected chi connectivity index (χ0v) is 12.0. The third-order valence-electron chi connectivity index (χ3n) is 4.39. The molecule has 0 heterocycles. The second-order valence-electron chi connectivity index (χ2n) is 5.79. The first-order valence-corrected chi connectivity index (χ1v) is 7.74. The Labute approximate surface area is 111 Å². The minimum absolute atomic E-state index is 0.451. The van der Waals surface area contributed by atoms with Crippen LogP contribution in [0.1, 0.15) is 65.2 Å². The molecular weight excluding hydrogens is 222 g/mol. The van der Waals surface area contributed by atoms with Crippen LogP contribution in [-0.4, -0.2) is 29.8 Å². The fourth-order valence-electron chi connectivity index (χ4n) is 3.56. The minimum Gasteiger partial charge on any atom is -0.300 e. The highest BCUT2D eigenvalue weighted by atomic mass is 16.1. The van der Waals surface area contributed by atoms with Gasteiger partial charge in [-0.15, -0.1) is 0 Å². The molecule has 0 bridgehead atoms. The molecule has 102 valence electrons. The summed E-state index contributed by atoms with van der Waals surface area (Å²) in [6, 6.07) is 0.703. The summed E-state index contributed by atoms with van der Waals surface area (Å²) in [5.41, 5.74) is 2.71. The Morgan fingerprint density at radius 1 is 1.11 bits per heavy atom. The van der Waals surface area contributed by atoms with Gasteiger partial charge >= 0.3 is 0 Å². The average molecular weight is 249 g/mol. The van der Waals surface area contributed by atoms with Crippen LogP contribution in [0.3, 0.4) is 0 Å². The summed E-state index contributed by atoms with van der Waals surface area (Å²) >= 11 is 0. The van der Waals surface area contributed by atoms with Crippen molar-refractivity contribution in [3.05, 3.63) is 11.1 Å². The van der Waals surface area contributed by atoms with Gasteiger partial charge in [0.05, 0.1) is 0 Å². The van der Waals surface area contributed by atoms with E-state index in [4.69, 9.17) is 0 Å². The first-order valence-electron chi connectivity index (χ1n) is 7.74. The summed E-state index contributed by atoms with van der Waals surface area (Å²) in [7, 11) is 0. The van der Waals surface area contributed by atoms with Gasteiger partial charge < -0.3 is 4.90 Å². The lowest BCUT2D eigenvalue weighted by atomic mass is 9.79. The summed E-state index contributed by atoms with van der Waals surface area (Å²) in [4.78, 5) is 14.5. The molecular formula is C16H27NO. The van der Waals surface area contributed by atoms with Gasteiger partial charge in [-0.05, 0) is 63.6 Å². The molecule has 0 aromatic carbocycles. The molecule has 0 aromatic rings. The molecule has 2 rings (SSSR count). The molecule has 2 nitrogen and oxygen atoms in total. The number of carbonyl (C=O) groups excluding carboxylic acids is 1. The van der Waals surface area contributed by atoms with Crippen molar-refractivity contribution in [1.82, 2.24) is 4.90 Å². The van der Waals surface area contributed by atoms with Gasteiger partial charge in [0, 0.05) is 12.5 Å². The number of ketones is 1. The topological polar surface area (TPSA) is 20.3 Å². The number of carbonyl (C=O) groups is 1. The van der Waals surface area contributed by atoms with E-state index < -0.39 is 0 Å². The minimum atomic E-state index is 0.451. The Bertz CT molecular complexity index is 326. The van der Waals surface area contributed by atoms with Crippen LogP contribution in [0.4, 0.5) is 0 Å². The maximum atomic E-state index is 11.9. The lowest BCUT2D eigenvalue weighted by Crippen LogP contribution is -2.39. The number of hydrogen-bond acceptors (Lipinski definition) is 2. The molecule has 0 aromatic heterocycles. The van der Waals surface area contributed by atoms with Crippen LogP contribution in [-0.2, 0) is 4.79 Å². The van der Waals surface area contributed by atoms with Crippen LogP contribution in [0.2, 0.25) is 0 Å². The van der Waals surface area contributed by atoms with Gasteiger partial charge in [0.25, 0.3) is 0 Å². The van der Waals surface area contributed by atoms with Crippen molar-refractivity contribution in [2.75, 3.05) is 13.1 Å². The van der Waals surface area contributed by atoms with Gasteiger partial charge in [-0.2, -0.15) is 0 Å². The Kier molecular flexibility index (Phi) is 4.99. The molecule has 1 atom stereocenters. The van der Waals surface area contributed by atoms with Crippen LogP contribution in [0.15, 0.2) is 11.1 Å². The van der Waals surface area contributed by atoms with Crippen molar-refractivity contribution in [3.63, 3.8) is 0 Å². The second kappa shape index (κ2) is 6.51. The molecule has 0 radical (unpaired) electrons. The van der Waals surface area contributed by atoms with Crippen LogP contribution in [0.5, 0.6) is 0 Å². The quantitative estimate of drug-likeness (QED) is 0.740. The summed E-state index contributed by atoms with van der Waals surface area (Å²) in [5, 5.41) is 0. The lowest BCUT2D eigenvalue weighted by Gasteiger charge is -2.37. The van der Waals surface area contributed by atoms with E-state index in [0.717, 1.165) is 19.3 Å². The fraction of sp³-hybridized carbons (Fsp3) is 0.812. The van der Waals surface area contributed by atoms with E-state index >= 15 is 0 Å².